The molecule has 0 fully saturated rings. The van der Waals surface area contributed by atoms with Crippen LogP contribution in [0.5, 0.6) is 5.75 Å². The van der Waals surface area contributed by atoms with Gasteiger partial charge in [0.25, 0.3) is 0 Å². The monoisotopic (exact) mass is 458 g/mol. The summed E-state index contributed by atoms with van der Waals surface area (Å²) in [6.07, 6.45) is 9.85. The zero-order chi connectivity index (χ0) is 24.0. The molecule has 0 aliphatic heterocycles. The molecule has 180 valence electrons. The highest BCUT2D eigenvalue weighted by Gasteiger charge is 2.13. The van der Waals surface area contributed by atoms with E-state index in [1.165, 1.54) is 50.3 Å². The van der Waals surface area contributed by atoms with E-state index in [2.05, 4.69) is 55.5 Å². The Morgan fingerprint density at radius 2 is 1.53 bits per heavy atom. The van der Waals surface area contributed by atoms with Gasteiger partial charge in [0.05, 0.1) is 12.7 Å². The van der Waals surface area contributed by atoms with Crippen LogP contribution in [0.2, 0.25) is 0 Å². The van der Waals surface area contributed by atoms with Gasteiger partial charge < -0.3 is 9.47 Å². The van der Waals surface area contributed by atoms with Crippen LogP contribution in [-0.4, -0.2) is 13.1 Å². The summed E-state index contributed by atoms with van der Waals surface area (Å²) in [5.41, 5.74) is 4.28. The minimum absolute atomic E-state index is 0.322. The van der Waals surface area contributed by atoms with Crippen molar-refractivity contribution in [1.82, 2.24) is 0 Å². The Kier molecular flexibility index (Phi) is 10.7. The van der Waals surface area contributed by atoms with Gasteiger partial charge in [-0.05, 0) is 60.1 Å². The van der Waals surface area contributed by atoms with Gasteiger partial charge in [-0.25, -0.2) is 4.79 Å². The molecule has 1 unspecified atom stereocenters. The lowest BCUT2D eigenvalue weighted by Crippen LogP contribution is -2.08. The van der Waals surface area contributed by atoms with E-state index in [1.807, 2.05) is 18.2 Å². The van der Waals surface area contributed by atoms with Gasteiger partial charge in [0.2, 0.25) is 0 Å². The summed E-state index contributed by atoms with van der Waals surface area (Å²) >= 11 is 0. The van der Waals surface area contributed by atoms with Crippen LogP contribution in [0.4, 0.5) is 0 Å². The maximum atomic E-state index is 11.6. The van der Waals surface area contributed by atoms with Crippen LogP contribution in [0.15, 0.2) is 78.9 Å². The number of methoxy groups -OCH3 is 1. The number of aryl methyl sites for hydroxylation is 1. The third-order valence-electron chi connectivity index (χ3n) is 6.40. The Balaban J connectivity index is 1.59. The van der Waals surface area contributed by atoms with Crippen molar-refractivity contribution in [2.45, 2.75) is 64.9 Å². The Labute approximate surface area is 205 Å². The van der Waals surface area contributed by atoms with Crippen molar-refractivity contribution in [2.24, 2.45) is 5.92 Å². The van der Waals surface area contributed by atoms with Crippen molar-refractivity contribution in [2.75, 3.05) is 7.11 Å². The van der Waals surface area contributed by atoms with Gasteiger partial charge in [-0.1, -0.05) is 99.7 Å². The molecule has 0 spiro atoms. The first-order valence-corrected chi connectivity index (χ1v) is 12.6. The molecule has 0 radical (unpaired) electrons. The summed E-state index contributed by atoms with van der Waals surface area (Å²) in [6.45, 7) is 2.74. The highest BCUT2D eigenvalue weighted by atomic mass is 16.5. The van der Waals surface area contributed by atoms with Gasteiger partial charge in [-0.3, -0.25) is 0 Å². The van der Waals surface area contributed by atoms with Crippen molar-refractivity contribution < 1.29 is 14.3 Å². The van der Waals surface area contributed by atoms with Crippen LogP contribution in [0.3, 0.4) is 0 Å². The standard InChI is InChI=1S/C31H38O3/c1-3-4-5-7-14-26(23-25-12-8-6-9-13-25)17-20-28-15-10-11-16-30(28)34-24-27-18-21-29(22-19-27)31(32)33-2/h6,8-13,15-16,18-19,21-22,26H,3-5,7,14,17,20,23-24H2,1-2H3. The van der Waals surface area contributed by atoms with Crippen LogP contribution in [0.1, 0.15) is 72.5 Å². The molecule has 3 aromatic rings. The normalized spacial score (nSPS) is 11.7. The SMILES string of the molecule is CCCCCCC(CCc1ccccc1OCc1ccc(C(=O)OC)cc1)Cc1ccccc1. The first kappa shape index (κ1) is 25.6. The van der Waals surface area contributed by atoms with Crippen LogP contribution in [0.25, 0.3) is 0 Å². The summed E-state index contributed by atoms with van der Waals surface area (Å²) in [5.74, 6) is 1.31. The van der Waals surface area contributed by atoms with E-state index >= 15 is 0 Å². The third-order valence-corrected chi connectivity index (χ3v) is 6.40. The van der Waals surface area contributed by atoms with Crippen molar-refractivity contribution in [1.29, 1.82) is 0 Å². The predicted molar refractivity (Wildman–Crippen MR) is 139 cm³/mol. The van der Waals surface area contributed by atoms with E-state index in [9.17, 15) is 4.79 Å². The summed E-state index contributed by atoms with van der Waals surface area (Å²) in [7, 11) is 1.39. The van der Waals surface area contributed by atoms with Gasteiger partial charge in [-0.15, -0.1) is 0 Å². The van der Waals surface area contributed by atoms with E-state index in [0.29, 0.717) is 18.1 Å². The maximum Gasteiger partial charge on any atom is 0.337 e. The molecule has 0 amide bonds. The number of rotatable bonds is 14. The fourth-order valence-corrected chi connectivity index (χ4v) is 4.38. The lowest BCUT2D eigenvalue weighted by atomic mass is 9.88. The molecule has 0 saturated carbocycles. The number of unbranched alkanes of at least 4 members (excludes halogenated alkanes) is 3. The Hall–Kier alpha value is -3.07. The van der Waals surface area contributed by atoms with Gasteiger partial charge >= 0.3 is 5.97 Å². The first-order valence-electron chi connectivity index (χ1n) is 12.6. The predicted octanol–water partition coefficient (Wildman–Crippen LogP) is 7.81. The maximum absolute atomic E-state index is 11.6. The molecule has 0 aliphatic rings. The third kappa shape index (κ3) is 8.37. The second-order valence-electron chi connectivity index (χ2n) is 9.03. The number of hydrogen-bond donors (Lipinski definition) is 0. The van der Waals surface area contributed by atoms with Crippen molar-refractivity contribution in [3.8, 4) is 5.75 Å². The van der Waals surface area contributed by atoms with Crippen LogP contribution < -0.4 is 4.74 Å². The molecule has 0 bridgehead atoms. The average Bonchev–Trinajstić information content (AvgIpc) is 2.89. The lowest BCUT2D eigenvalue weighted by Gasteiger charge is -2.18. The number of hydrogen-bond acceptors (Lipinski definition) is 3. The fraction of sp³-hybridized carbons (Fsp3) is 0.387. The summed E-state index contributed by atoms with van der Waals surface area (Å²) in [6, 6.07) is 26.7. The quantitative estimate of drug-likeness (QED) is 0.182. The van der Waals surface area contributed by atoms with E-state index in [0.717, 1.165) is 30.6 Å². The largest absolute Gasteiger partial charge is 0.489 e. The van der Waals surface area contributed by atoms with Crippen LogP contribution >= 0.6 is 0 Å². The number of benzene rings is 3. The molecular formula is C31H38O3. The van der Waals surface area contributed by atoms with Gasteiger partial charge in [0.1, 0.15) is 12.4 Å². The minimum Gasteiger partial charge on any atom is -0.489 e. The summed E-state index contributed by atoms with van der Waals surface area (Å²) in [5, 5.41) is 0. The molecular weight excluding hydrogens is 420 g/mol. The molecule has 0 saturated heterocycles. The highest BCUT2D eigenvalue weighted by Crippen LogP contribution is 2.26. The smallest absolute Gasteiger partial charge is 0.337 e. The highest BCUT2D eigenvalue weighted by molar-refractivity contribution is 5.89. The van der Waals surface area contributed by atoms with Gasteiger partial charge in [0, 0.05) is 0 Å². The Morgan fingerprint density at radius 3 is 2.26 bits per heavy atom. The minimum atomic E-state index is -0.322. The molecule has 1 atom stereocenters. The Bertz CT molecular complexity index is 979. The number of para-hydroxylation sites is 1. The average molecular weight is 459 g/mol. The topological polar surface area (TPSA) is 35.5 Å². The molecule has 3 heteroatoms. The number of esters is 1. The van der Waals surface area contributed by atoms with E-state index in [-0.39, 0.29) is 5.97 Å². The molecule has 0 heterocycles. The zero-order valence-corrected chi connectivity index (χ0v) is 20.7. The van der Waals surface area contributed by atoms with Crippen LogP contribution in [-0.2, 0) is 24.2 Å². The zero-order valence-electron chi connectivity index (χ0n) is 20.7. The van der Waals surface area contributed by atoms with Crippen molar-refractivity contribution in [3.63, 3.8) is 0 Å². The molecule has 3 rings (SSSR count). The van der Waals surface area contributed by atoms with Crippen molar-refractivity contribution in [3.05, 3.63) is 101 Å². The van der Waals surface area contributed by atoms with Gasteiger partial charge in [0.15, 0.2) is 0 Å². The summed E-state index contributed by atoms with van der Waals surface area (Å²) in [4.78, 5) is 11.6. The Morgan fingerprint density at radius 1 is 0.794 bits per heavy atom. The fourth-order valence-electron chi connectivity index (χ4n) is 4.38. The van der Waals surface area contributed by atoms with E-state index in [1.54, 1.807) is 12.1 Å². The lowest BCUT2D eigenvalue weighted by molar-refractivity contribution is 0.0600. The number of carbonyl (C=O) groups is 1. The summed E-state index contributed by atoms with van der Waals surface area (Å²) < 4.78 is 11.0. The first-order chi connectivity index (χ1) is 16.7. The second kappa shape index (κ2) is 14.2. The molecule has 34 heavy (non-hydrogen) atoms. The van der Waals surface area contributed by atoms with Crippen LogP contribution in [0, 0.1) is 5.92 Å². The van der Waals surface area contributed by atoms with E-state index in [4.69, 9.17) is 9.47 Å². The van der Waals surface area contributed by atoms with Gasteiger partial charge in [-0.2, -0.15) is 0 Å². The number of carbonyl (C=O) groups excluding carboxylic acids is 1. The molecule has 0 aliphatic carbocycles. The molecule has 3 nitrogen and oxygen atoms in total. The molecule has 0 aromatic heterocycles. The molecule has 3 aromatic carbocycles. The molecule has 0 N–H and O–H groups in total. The van der Waals surface area contributed by atoms with E-state index < -0.39 is 0 Å². The second-order valence-corrected chi connectivity index (χ2v) is 9.03. The van der Waals surface area contributed by atoms with Crippen molar-refractivity contribution >= 4 is 5.97 Å². The number of ether oxygens (including phenoxy) is 2.